The quantitative estimate of drug-likeness (QED) is 0.742. The summed E-state index contributed by atoms with van der Waals surface area (Å²) < 4.78 is 17.6. The third kappa shape index (κ3) is 2.68. The molecule has 114 valence electrons. The van der Waals surface area contributed by atoms with Crippen molar-refractivity contribution >= 4 is 0 Å². The Bertz CT molecular complexity index is 546. The average molecular weight is 296 g/mol. The average Bonchev–Trinajstić information content (AvgIpc) is 3.19. The lowest BCUT2D eigenvalue weighted by Crippen LogP contribution is -2.56. The highest BCUT2D eigenvalue weighted by atomic mass is 16.6. The van der Waals surface area contributed by atoms with Gasteiger partial charge in [0.1, 0.15) is 18.5 Å². The summed E-state index contributed by atoms with van der Waals surface area (Å²) in [7, 11) is 0. The standard InChI is InChI=1S/C12H16N4O5/c17-7-12(16-2-1-14-15-16)11(18)3-9(6-21-12)19-5-10-4-13-8-20-10/h1-2,4,8-9,11,17-18H,3,5-7H2. The van der Waals surface area contributed by atoms with E-state index in [1.165, 1.54) is 23.5 Å². The third-order valence-electron chi connectivity index (χ3n) is 3.51. The van der Waals surface area contributed by atoms with E-state index in [2.05, 4.69) is 15.3 Å². The molecule has 1 fully saturated rings. The first-order valence-electron chi connectivity index (χ1n) is 6.53. The monoisotopic (exact) mass is 296 g/mol. The molecule has 0 aromatic carbocycles. The fourth-order valence-electron chi connectivity index (χ4n) is 2.32. The zero-order valence-corrected chi connectivity index (χ0v) is 11.2. The van der Waals surface area contributed by atoms with Crippen molar-refractivity contribution in [2.75, 3.05) is 13.2 Å². The summed E-state index contributed by atoms with van der Waals surface area (Å²) in [6.45, 7) is 0.0498. The molecule has 1 aliphatic rings. The molecule has 9 heteroatoms. The van der Waals surface area contributed by atoms with Crippen LogP contribution >= 0.6 is 0 Å². The first-order valence-corrected chi connectivity index (χ1v) is 6.53. The smallest absolute Gasteiger partial charge is 0.211 e. The molecule has 3 unspecified atom stereocenters. The number of aliphatic hydroxyl groups is 2. The van der Waals surface area contributed by atoms with Crippen molar-refractivity contribution in [1.82, 2.24) is 20.0 Å². The van der Waals surface area contributed by atoms with Crippen LogP contribution in [-0.2, 0) is 21.8 Å². The van der Waals surface area contributed by atoms with Gasteiger partial charge in [-0.2, -0.15) is 0 Å². The third-order valence-corrected chi connectivity index (χ3v) is 3.51. The predicted octanol–water partition coefficient (Wildman–Crippen LogP) is -0.722. The second-order valence-corrected chi connectivity index (χ2v) is 4.81. The van der Waals surface area contributed by atoms with Crippen molar-refractivity contribution in [1.29, 1.82) is 0 Å². The molecule has 21 heavy (non-hydrogen) atoms. The molecular formula is C12H16N4O5. The number of aliphatic hydroxyl groups excluding tert-OH is 2. The molecule has 1 aliphatic heterocycles. The maximum atomic E-state index is 10.3. The van der Waals surface area contributed by atoms with E-state index in [9.17, 15) is 10.2 Å². The van der Waals surface area contributed by atoms with E-state index >= 15 is 0 Å². The molecule has 3 heterocycles. The Kier molecular flexibility index (Phi) is 3.97. The van der Waals surface area contributed by atoms with Crippen LogP contribution in [0.4, 0.5) is 0 Å². The second-order valence-electron chi connectivity index (χ2n) is 4.81. The molecule has 0 saturated carbocycles. The van der Waals surface area contributed by atoms with Crippen LogP contribution < -0.4 is 0 Å². The van der Waals surface area contributed by atoms with Gasteiger partial charge in [0.25, 0.3) is 0 Å². The van der Waals surface area contributed by atoms with Gasteiger partial charge in [0.05, 0.1) is 31.7 Å². The maximum absolute atomic E-state index is 10.3. The molecule has 0 amide bonds. The zero-order valence-electron chi connectivity index (χ0n) is 11.2. The number of hydrogen-bond acceptors (Lipinski definition) is 8. The fraction of sp³-hybridized carbons (Fsp3) is 0.583. The number of hydrogen-bond donors (Lipinski definition) is 2. The highest BCUT2D eigenvalue weighted by Crippen LogP contribution is 2.30. The van der Waals surface area contributed by atoms with Gasteiger partial charge in [0, 0.05) is 12.6 Å². The van der Waals surface area contributed by atoms with Crippen molar-refractivity contribution in [3.63, 3.8) is 0 Å². The van der Waals surface area contributed by atoms with E-state index in [0.29, 0.717) is 12.2 Å². The van der Waals surface area contributed by atoms with Crippen molar-refractivity contribution in [3.05, 3.63) is 30.7 Å². The number of ether oxygens (including phenoxy) is 2. The summed E-state index contributed by atoms with van der Waals surface area (Å²) in [5.41, 5.74) is -1.32. The predicted molar refractivity (Wildman–Crippen MR) is 66.7 cm³/mol. The summed E-state index contributed by atoms with van der Waals surface area (Å²) in [5, 5.41) is 27.4. The Labute approximate surface area is 120 Å². The highest BCUT2D eigenvalue weighted by molar-refractivity contribution is 4.91. The summed E-state index contributed by atoms with van der Waals surface area (Å²) in [4.78, 5) is 3.79. The molecule has 3 atom stereocenters. The first kappa shape index (κ1) is 14.1. The van der Waals surface area contributed by atoms with Gasteiger partial charge in [-0.3, -0.25) is 0 Å². The van der Waals surface area contributed by atoms with Crippen molar-refractivity contribution in [3.8, 4) is 0 Å². The van der Waals surface area contributed by atoms with E-state index in [0.717, 1.165) is 0 Å². The van der Waals surface area contributed by atoms with Gasteiger partial charge >= 0.3 is 0 Å². The Morgan fingerprint density at radius 3 is 3.05 bits per heavy atom. The van der Waals surface area contributed by atoms with Crippen LogP contribution in [0.2, 0.25) is 0 Å². The zero-order chi connectivity index (χ0) is 14.7. The molecule has 0 bridgehead atoms. The SMILES string of the molecule is OCC1(n2ccnn2)OCC(OCc2cnco2)CC1O. The van der Waals surface area contributed by atoms with Gasteiger partial charge < -0.3 is 24.1 Å². The van der Waals surface area contributed by atoms with Gasteiger partial charge in [-0.05, 0) is 0 Å². The minimum Gasteiger partial charge on any atom is -0.446 e. The second kappa shape index (κ2) is 5.90. The minimum absolute atomic E-state index is 0.214. The Morgan fingerprint density at radius 2 is 2.43 bits per heavy atom. The van der Waals surface area contributed by atoms with Crippen LogP contribution in [0.3, 0.4) is 0 Å². The molecule has 2 aromatic heterocycles. The van der Waals surface area contributed by atoms with Gasteiger partial charge in [-0.15, -0.1) is 5.10 Å². The lowest BCUT2D eigenvalue weighted by molar-refractivity contribution is -0.260. The van der Waals surface area contributed by atoms with Crippen LogP contribution in [0.1, 0.15) is 12.2 Å². The number of rotatable bonds is 5. The number of aromatic nitrogens is 4. The van der Waals surface area contributed by atoms with E-state index in [4.69, 9.17) is 13.9 Å². The molecule has 1 saturated heterocycles. The first-order chi connectivity index (χ1) is 10.2. The Morgan fingerprint density at radius 1 is 1.52 bits per heavy atom. The maximum Gasteiger partial charge on any atom is 0.211 e. The van der Waals surface area contributed by atoms with E-state index in [-0.39, 0.29) is 19.3 Å². The largest absolute Gasteiger partial charge is 0.446 e. The van der Waals surface area contributed by atoms with E-state index < -0.39 is 18.4 Å². The Hall–Kier alpha value is -1.81. The molecule has 0 radical (unpaired) electrons. The van der Waals surface area contributed by atoms with Crippen LogP contribution in [0.25, 0.3) is 0 Å². The summed E-state index contributed by atoms with van der Waals surface area (Å²) in [5.74, 6) is 0.597. The highest BCUT2D eigenvalue weighted by Gasteiger charge is 2.46. The molecule has 0 aliphatic carbocycles. The minimum atomic E-state index is -1.32. The molecule has 2 aromatic rings. The number of oxazole rings is 1. The van der Waals surface area contributed by atoms with E-state index in [1.807, 2.05) is 0 Å². The van der Waals surface area contributed by atoms with Crippen LogP contribution in [0.5, 0.6) is 0 Å². The lowest BCUT2D eigenvalue weighted by atomic mass is 9.98. The molecule has 0 spiro atoms. The van der Waals surface area contributed by atoms with Gasteiger partial charge in [0.15, 0.2) is 6.39 Å². The van der Waals surface area contributed by atoms with Gasteiger partial charge in [0.2, 0.25) is 5.72 Å². The molecule has 2 N–H and O–H groups in total. The van der Waals surface area contributed by atoms with Crippen molar-refractivity contribution in [2.45, 2.75) is 31.0 Å². The summed E-state index contributed by atoms with van der Waals surface area (Å²) in [6, 6.07) is 0. The van der Waals surface area contributed by atoms with Crippen LogP contribution in [0, 0.1) is 0 Å². The van der Waals surface area contributed by atoms with Crippen molar-refractivity contribution < 1.29 is 24.1 Å². The molecular weight excluding hydrogens is 280 g/mol. The van der Waals surface area contributed by atoms with Crippen LogP contribution in [-0.4, -0.2) is 55.6 Å². The molecule has 3 rings (SSSR count). The van der Waals surface area contributed by atoms with Crippen molar-refractivity contribution in [2.24, 2.45) is 0 Å². The fourth-order valence-corrected chi connectivity index (χ4v) is 2.32. The van der Waals surface area contributed by atoms with Gasteiger partial charge in [-0.25, -0.2) is 9.67 Å². The summed E-state index contributed by atoms with van der Waals surface area (Å²) in [6.07, 6.45) is 4.90. The van der Waals surface area contributed by atoms with Gasteiger partial charge in [-0.1, -0.05) is 5.21 Å². The van der Waals surface area contributed by atoms with Crippen LogP contribution in [0.15, 0.2) is 29.4 Å². The topological polar surface area (TPSA) is 116 Å². The lowest BCUT2D eigenvalue weighted by Gasteiger charge is -2.42. The number of nitrogens with zero attached hydrogens (tertiary/aromatic N) is 4. The van der Waals surface area contributed by atoms with E-state index in [1.54, 1.807) is 6.20 Å². The Balaban J connectivity index is 1.63. The normalized spacial score (nSPS) is 29.6. The molecule has 9 nitrogen and oxygen atoms in total. The summed E-state index contributed by atoms with van der Waals surface area (Å²) >= 11 is 0.